The van der Waals surface area contributed by atoms with Crippen LogP contribution in [0.15, 0.2) is 36.4 Å². The highest BCUT2D eigenvalue weighted by molar-refractivity contribution is 6.01. The Balaban J connectivity index is 1.63. The van der Waals surface area contributed by atoms with Gasteiger partial charge in [0.2, 0.25) is 12.7 Å². The number of hydrogen-bond donors (Lipinski definition) is 2. The third-order valence-corrected chi connectivity index (χ3v) is 6.23. The zero-order valence-electron chi connectivity index (χ0n) is 18.4. The van der Waals surface area contributed by atoms with Crippen molar-refractivity contribution in [3.05, 3.63) is 53.1 Å². The minimum Gasteiger partial charge on any atom is -0.454 e. The summed E-state index contributed by atoms with van der Waals surface area (Å²) in [7, 11) is 0. The van der Waals surface area contributed by atoms with Crippen LogP contribution < -0.4 is 20.1 Å². The molecule has 0 radical (unpaired) electrons. The van der Waals surface area contributed by atoms with Gasteiger partial charge < -0.3 is 20.1 Å². The summed E-state index contributed by atoms with van der Waals surface area (Å²) in [6.07, 6.45) is 4.69. The van der Waals surface area contributed by atoms with Crippen molar-refractivity contribution in [3.8, 4) is 11.5 Å². The van der Waals surface area contributed by atoms with Crippen LogP contribution in [0.4, 0.5) is 5.69 Å². The van der Waals surface area contributed by atoms with Crippen molar-refractivity contribution in [3.63, 3.8) is 0 Å². The maximum Gasteiger partial charge on any atom is 0.251 e. The van der Waals surface area contributed by atoms with Crippen molar-refractivity contribution in [2.45, 2.75) is 64.3 Å². The smallest absolute Gasteiger partial charge is 0.251 e. The van der Waals surface area contributed by atoms with Crippen molar-refractivity contribution in [1.29, 1.82) is 0 Å². The number of anilines is 1. The normalized spacial score (nSPS) is 16.8. The lowest BCUT2D eigenvalue weighted by Crippen LogP contribution is -2.42. The average molecular weight is 423 g/mol. The molecule has 0 atom stereocenters. The predicted molar refractivity (Wildman–Crippen MR) is 120 cm³/mol. The van der Waals surface area contributed by atoms with Crippen LogP contribution in [0.3, 0.4) is 0 Å². The third kappa shape index (κ3) is 4.24. The Bertz CT molecular complexity index is 993. The van der Waals surface area contributed by atoms with E-state index in [2.05, 4.69) is 10.6 Å². The van der Waals surface area contributed by atoms with Crippen molar-refractivity contribution in [2.24, 2.45) is 0 Å². The van der Waals surface area contributed by atoms with E-state index in [4.69, 9.17) is 9.47 Å². The third-order valence-electron chi connectivity index (χ3n) is 6.23. The van der Waals surface area contributed by atoms with E-state index in [1.807, 2.05) is 51.1 Å². The molecule has 2 aromatic carbocycles. The van der Waals surface area contributed by atoms with Crippen molar-refractivity contribution in [1.82, 2.24) is 5.32 Å². The largest absolute Gasteiger partial charge is 0.454 e. The van der Waals surface area contributed by atoms with E-state index in [-0.39, 0.29) is 24.6 Å². The lowest BCUT2D eigenvalue weighted by molar-refractivity contribution is -0.122. The molecule has 0 spiro atoms. The topological polar surface area (TPSA) is 76.7 Å². The molecule has 2 amide bonds. The number of benzene rings is 2. The highest BCUT2D eigenvalue weighted by Gasteiger charge is 2.42. The molecule has 2 N–H and O–H groups in total. The minimum atomic E-state index is -0.621. The highest BCUT2D eigenvalue weighted by atomic mass is 16.7. The Kier molecular flexibility index (Phi) is 5.90. The van der Waals surface area contributed by atoms with E-state index in [9.17, 15) is 9.59 Å². The quantitative estimate of drug-likeness (QED) is 0.732. The highest BCUT2D eigenvalue weighted by Crippen LogP contribution is 2.44. The Hall–Kier alpha value is -3.02. The lowest BCUT2D eigenvalue weighted by Gasteiger charge is -2.36. The standard InChI is InChI=1S/C25H30N2O4/c1-16(2)26-23(28)20-14-19(9-7-17(20)3)27-24(29)25(11-5-4-6-12-25)18-8-10-21-22(13-18)31-15-30-21/h7-10,13-14,16H,4-6,11-12,15H2,1-3H3,(H,26,28)(H,27,29). The number of ether oxygens (including phenoxy) is 2. The predicted octanol–water partition coefficient (Wildman–Crippen LogP) is 4.70. The number of hydrogen-bond acceptors (Lipinski definition) is 4. The molecule has 1 fully saturated rings. The van der Waals surface area contributed by atoms with E-state index in [0.717, 1.165) is 49.0 Å². The van der Waals surface area contributed by atoms with Gasteiger partial charge in [-0.3, -0.25) is 9.59 Å². The van der Waals surface area contributed by atoms with E-state index >= 15 is 0 Å². The van der Waals surface area contributed by atoms with Gasteiger partial charge in [-0.25, -0.2) is 0 Å². The summed E-state index contributed by atoms with van der Waals surface area (Å²) < 4.78 is 11.0. The molecule has 31 heavy (non-hydrogen) atoms. The van der Waals surface area contributed by atoms with E-state index < -0.39 is 5.41 Å². The molecule has 1 heterocycles. The molecule has 0 saturated heterocycles. The molecule has 2 aliphatic rings. The second-order valence-electron chi connectivity index (χ2n) is 8.82. The van der Waals surface area contributed by atoms with Gasteiger partial charge in [0.05, 0.1) is 5.41 Å². The van der Waals surface area contributed by atoms with Gasteiger partial charge in [0.15, 0.2) is 11.5 Å². The van der Waals surface area contributed by atoms with Crippen LogP contribution in [-0.4, -0.2) is 24.6 Å². The van der Waals surface area contributed by atoms with Gasteiger partial charge in [-0.2, -0.15) is 0 Å². The number of nitrogens with one attached hydrogen (secondary N) is 2. The summed E-state index contributed by atoms with van der Waals surface area (Å²) >= 11 is 0. The van der Waals surface area contributed by atoms with Crippen LogP contribution >= 0.6 is 0 Å². The van der Waals surface area contributed by atoms with Gasteiger partial charge >= 0.3 is 0 Å². The molecule has 1 aliphatic carbocycles. The van der Waals surface area contributed by atoms with Crippen LogP contribution in [-0.2, 0) is 10.2 Å². The number of carbonyl (C=O) groups is 2. The van der Waals surface area contributed by atoms with Crippen molar-refractivity contribution in [2.75, 3.05) is 12.1 Å². The SMILES string of the molecule is Cc1ccc(NC(=O)C2(c3ccc4c(c3)OCO4)CCCCC2)cc1C(=O)NC(C)C. The summed E-state index contributed by atoms with van der Waals surface area (Å²) in [5.41, 5.74) is 2.42. The molecule has 6 nitrogen and oxygen atoms in total. The first-order valence-corrected chi connectivity index (χ1v) is 11.0. The number of fused-ring (bicyclic) bond motifs is 1. The number of carbonyl (C=O) groups excluding carboxylic acids is 2. The molecule has 164 valence electrons. The Labute approximate surface area is 183 Å². The molecule has 2 aromatic rings. The minimum absolute atomic E-state index is 0.0369. The van der Waals surface area contributed by atoms with Gasteiger partial charge in [-0.15, -0.1) is 0 Å². The molecule has 0 bridgehead atoms. The molecule has 0 aromatic heterocycles. The summed E-state index contributed by atoms with van der Waals surface area (Å²) in [6, 6.07) is 11.4. The number of aryl methyl sites for hydroxylation is 1. The van der Waals surface area contributed by atoms with Crippen LogP contribution in [0, 0.1) is 6.92 Å². The monoisotopic (exact) mass is 422 g/mol. The molecule has 1 saturated carbocycles. The van der Waals surface area contributed by atoms with E-state index in [0.29, 0.717) is 17.0 Å². The molecule has 4 rings (SSSR count). The first kappa shape index (κ1) is 21.2. The maximum absolute atomic E-state index is 13.7. The van der Waals surface area contributed by atoms with Crippen LogP contribution in [0.2, 0.25) is 0 Å². The van der Waals surface area contributed by atoms with Crippen LogP contribution in [0.1, 0.15) is 67.4 Å². The van der Waals surface area contributed by atoms with Crippen molar-refractivity contribution >= 4 is 17.5 Å². The number of rotatable bonds is 5. The fourth-order valence-electron chi connectivity index (χ4n) is 4.53. The average Bonchev–Trinajstić information content (AvgIpc) is 3.23. The fraction of sp³-hybridized carbons (Fsp3) is 0.440. The number of amides is 2. The Morgan fingerprint density at radius 2 is 1.71 bits per heavy atom. The maximum atomic E-state index is 13.7. The summed E-state index contributed by atoms with van der Waals surface area (Å²) in [5.74, 6) is 1.24. The zero-order chi connectivity index (χ0) is 22.0. The first-order chi connectivity index (χ1) is 14.9. The van der Waals surface area contributed by atoms with Gasteiger partial charge in [0.1, 0.15) is 0 Å². The van der Waals surface area contributed by atoms with E-state index in [1.54, 1.807) is 6.07 Å². The summed E-state index contributed by atoms with van der Waals surface area (Å²) in [4.78, 5) is 26.2. The van der Waals surface area contributed by atoms with Crippen molar-refractivity contribution < 1.29 is 19.1 Å². The second-order valence-corrected chi connectivity index (χ2v) is 8.82. The molecule has 6 heteroatoms. The van der Waals surface area contributed by atoms with Gasteiger partial charge in [-0.05, 0) is 69.0 Å². The van der Waals surface area contributed by atoms with Gasteiger partial charge in [-0.1, -0.05) is 31.4 Å². The zero-order valence-corrected chi connectivity index (χ0v) is 18.4. The Morgan fingerprint density at radius 3 is 2.45 bits per heavy atom. The first-order valence-electron chi connectivity index (χ1n) is 11.0. The summed E-state index contributed by atoms with van der Waals surface area (Å²) in [6.45, 7) is 5.97. The molecular weight excluding hydrogens is 392 g/mol. The van der Waals surface area contributed by atoms with E-state index in [1.165, 1.54) is 0 Å². The fourth-order valence-corrected chi connectivity index (χ4v) is 4.53. The molecular formula is C25H30N2O4. The van der Waals surface area contributed by atoms with Crippen LogP contribution in [0.25, 0.3) is 0 Å². The molecule has 0 unspecified atom stereocenters. The Morgan fingerprint density at radius 1 is 0.968 bits per heavy atom. The second kappa shape index (κ2) is 8.61. The molecule has 1 aliphatic heterocycles. The van der Waals surface area contributed by atoms with Gasteiger partial charge in [0.25, 0.3) is 5.91 Å². The van der Waals surface area contributed by atoms with Crippen LogP contribution in [0.5, 0.6) is 11.5 Å². The summed E-state index contributed by atoms with van der Waals surface area (Å²) in [5, 5.41) is 6.03. The lowest BCUT2D eigenvalue weighted by atomic mass is 9.68. The van der Waals surface area contributed by atoms with Gasteiger partial charge in [0, 0.05) is 17.3 Å².